The van der Waals surface area contributed by atoms with Crippen LogP contribution in [-0.2, 0) is 18.9 Å². The molecular formula is C42H86O4. The lowest BCUT2D eigenvalue weighted by Crippen LogP contribution is -2.19. The van der Waals surface area contributed by atoms with Gasteiger partial charge in [-0.05, 0) is 32.1 Å². The van der Waals surface area contributed by atoms with Crippen molar-refractivity contribution in [3.05, 3.63) is 0 Å². The van der Waals surface area contributed by atoms with E-state index < -0.39 is 0 Å². The molecule has 0 aliphatic rings. The number of hydrogen-bond donors (Lipinski definition) is 0. The van der Waals surface area contributed by atoms with Gasteiger partial charge in [0.05, 0.1) is 0 Å². The zero-order valence-corrected chi connectivity index (χ0v) is 32.1. The third kappa shape index (κ3) is 40.0. The summed E-state index contributed by atoms with van der Waals surface area (Å²) < 4.78 is 22.7. The molecule has 0 fully saturated rings. The van der Waals surface area contributed by atoms with E-state index in [0.29, 0.717) is 6.79 Å². The molecule has 0 aromatic heterocycles. The molecule has 0 aliphatic heterocycles. The molecular weight excluding hydrogens is 568 g/mol. The summed E-state index contributed by atoms with van der Waals surface area (Å²) in [5.74, 6) is 0. The highest BCUT2D eigenvalue weighted by Gasteiger charge is 2.09. The Kier molecular flexibility index (Phi) is 42.7. The van der Waals surface area contributed by atoms with Crippen molar-refractivity contribution in [1.82, 2.24) is 0 Å². The number of hydrogen-bond acceptors (Lipinski definition) is 4. The van der Waals surface area contributed by atoms with Crippen molar-refractivity contribution in [3.8, 4) is 0 Å². The van der Waals surface area contributed by atoms with E-state index in [9.17, 15) is 0 Å². The second-order valence-corrected chi connectivity index (χ2v) is 14.2. The quantitative estimate of drug-likeness (QED) is 0.0485. The Morgan fingerprint density at radius 2 is 0.609 bits per heavy atom. The molecule has 0 atom stereocenters. The van der Waals surface area contributed by atoms with Crippen molar-refractivity contribution >= 4 is 0 Å². The van der Waals surface area contributed by atoms with Crippen LogP contribution in [0.2, 0.25) is 0 Å². The molecule has 0 rings (SSSR count). The second-order valence-electron chi connectivity index (χ2n) is 14.2. The van der Waals surface area contributed by atoms with Crippen LogP contribution < -0.4 is 0 Å². The number of unbranched alkanes of at least 4 members (excludes halogenated alkanes) is 30. The summed E-state index contributed by atoms with van der Waals surface area (Å²) in [4.78, 5) is 0. The van der Waals surface area contributed by atoms with Crippen LogP contribution in [0.15, 0.2) is 0 Å². The Hall–Kier alpha value is -0.160. The molecule has 0 aliphatic carbocycles. The monoisotopic (exact) mass is 655 g/mol. The van der Waals surface area contributed by atoms with Crippen molar-refractivity contribution in [2.24, 2.45) is 0 Å². The Labute approximate surface area is 290 Å². The predicted molar refractivity (Wildman–Crippen MR) is 202 cm³/mol. The SMILES string of the molecule is CCCCCCCCCOC(CCCCCCCCCCCCCCCCCCCCCOCOC)OCCCCCCCCC. The van der Waals surface area contributed by atoms with Gasteiger partial charge in [0.25, 0.3) is 0 Å². The molecule has 278 valence electrons. The van der Waals surface area contributed by atoms with E-state index in [0.717, 1.165) is 26.2 Å². The maximum Gasteiger partial charge on any atom is 0.157 e. The van der Waals surface area contributed by atoms with E-state index in [1.54, 1.807) is 7.11 Å². The molecule has 0 saturated heterocycles. The van der Waals surface area contributed by atoms with E-state index in [4.69, 9.17) is 18.9 Å². The largest absolute Gasteiger partial charge is 0.359 e. The van der Waals surface area contributed by atoms with Crippen LogP contribution >= 0.6 is 0 Å². The minimum atomic E-state index is 0.0301. The summed E-state index contributed by atoms with van der Waals surface area (Å²) in [6, 6.07) is 0. The number of methoxy groups -OCH3 is 1. The van der Waals surface area contributed by atoms with Gasteiger partial charge in [-0.15, -0.1) is 0 Å². The molecule has 4 heteroatoms. The van der Waals surface area contributed by atoms with Gasteiger partial charge in [0.1, 0.15) is 6.79 Å². The predicted octanol–water partition coefficient (Wildman–Crippen LogP) is 14.3. The summed E-state index contributed by atoms with van der Waals surface area (Å²) >= 11 is 0. The van der Waals surface area contributed by atoms with Gasteiger partial charge in [0, 0.05) is 26.9 Å². The van der Waals surface area contributed by atoms with E-state index >= 15 is 0 Å². The maximum atomic E-state index is 6.25. The van der Waals surface area contributed by atoms with E-state index in [-0.39, 0.29) is 6.29 Å². The van der Waals surface area contributed by atoms with E-state index in [2.05, 4.69) is 13.8 Å². The van der Waals surface area contributed by atoms with Crippen LogP contribution in [0.5, 0.6) is 0 Å². The fraction of sp³-hybridized carbons (Fsp3) is 1.00. The van der Waals surface area contributed by atoms with Crippen LogP contribution in [-0.4, -0.2) is 40.0 Å². The van der Waals surface area contributed by atoms with E-state index in [1.807, 2.05) is 0 Å². The Morgan fingerprint density at radius 3 is 0.935 bits per heavy atom. The van der Waals surface area contributed by atoms with Gasteiger partial charge < -0.3 is 18.9 Å². The lowest BCUT2D eigenvalue weighted by atomic mass is 10.0. The minimum absolute atomic E-state index is 0.0301. The zero-order chi connectivity index (χ0) is 33.3. The van der Waals surface area contributed by atoms with Gasteiger partial charge in [-0.1, -0.05) is 200 Å². The topological polar surface area (TPSA) is 36.9 Å². The van der Waals surface area contributed by atoms with Gasteiger partial charge in [-0.2, -0.15) is 0 Å². The zero-order valence-electron chi connectivity index (χ0n) is 32.1. The van der Waals surface area contributed by atoms with Crippen molar-refractivity contribution in [2.75, 3.05) is 33.7 Å². The van der Waals surface area contributed by atoms with Crippen LogP contribution in [0.4, 0.5) is 0 Å². The third-order valence-corrected chi connectivity index (χ3v) is 9.53. The molecule has 0 aromatic carbocycles. The first-order valence-corrected chi connectivity index (χ1v) is 21.1. The fourth-order valence-electron chi connectivity index (χ4n) is 6.43. The first kappa shape index (κ1) is 45.8. The van der Waals surface area contributed by atoms with Crippen molar-refractivity contribution in [1.29, 1.82) is 0 Å². The lowest BCUT2D eigenvalue weighted by Gasteiger charge is -2.19. The summed E-state index contributed by atoms with van der Waals surface area (Å²) in [5.41, 5.74) is 0. The first-order chi connectivity index (χ1) is 22.8. The highest BCUT2D eigenvalue weighted by molar-refractivity contribution is 4.54. The van der Waals surface area contributed by atoms with Gasteiger partial charge in [-0.25, -0.2) is 0 Å². The average molecular weight is 655 g/mol. The summed E-state index contributed by atoms with van der Waals surface area (Å²) in [7, 11) is 1.68. The highest BCUT2D eigenvalue weighted by Crippen LogP contribution is 2.17. The Bertz CT molecular complexity index is 494. The van der Waals surface area contributed by atoms with Crippen molar-refractivity contribution in [2.45, 2.75) is 238 Å². The molecule has 0 spiro atoms. The second kappa shape index (κ2) is 42.9. The van der Waals surface area contributed by atoms with Crippen LogP contribution in [0.1, 0.15) is 232 Å². The van der Waals surface area contributed by atoms with Gasteiger partial charge in [0.2, 0.25) is 0 Å². The maximum absolute atomic E-state index is 6.25. The molecule has 0 heterocycles. The lowest BCUT2D eigenvalue weighted by molar-refractivity contribution is -0.148. The molecule has 0 bridgehead atoms. The minimum Gasteiger partial charge on any atom is -0.359 e. The van der Waals surface area contributed by atoms with Crippen LogP contribution in [0.3, 0.4) is 0 Å². The molecule has 46 heavy (non-hydrogen) atoms. The van der Waals surface area contributed by atoms with E-state index in [1.165, 1.54) is 212 Å². The highest BCUT2D eigenvalue weighted by atomic mass is 16.7. The third-order valence-electron chi connectivity index (χ3n) is 9.53. The standard InChI is InChI=1S/C42H86O4/c1-4-6-8-10-26-31-35-39-45-42(46-40-36-32-27-11-9-7-5-2)37-33-29-25-23-21-19-17-15-13-12-14-16-18-20-22-24-28-30-34-38-44-41-43-3/h42H,4-41H2,1-3H3. The van der Waals surface area contributed by atoms with Gasteiger partial charge in [-0.3, -0.25) is 0 Å². The molecule has 0 aromatic rings. The van der Waals surface area contributed by atoms with Crippen molar-refractivity contribution < 1.29 is 18.9 Å². The molecule has 0 saturated carbocycles. The summed E-state index contributed by atoms with van der Waals surface area (Å²) in [6.07, 6.45) is 46.3. The van der Waals surface area contributed by atoms with Gasteiger partial charge in [0.15, 0.2) is 6.29 Å². The molecule has 0 unspecified atom stereocenters. The van der Waals surface area contributed by atoms with Crippen LogP contribution in [0, 0.1) is 0 Å². The fourth-order valence-corrected chi connectivity index (χ4v) is 6.43. The Morgan fingerprint density at radius 1 is 0.326 bits per heavy atom. The number of rotatable bonds is 42. The molecule has 0 amide bonds. The summed E-state index contributed by atoms with van der Waals surface area (Å²) in [5, 5.41) is 0. The smallest absolute Gasteiger partial charge is 0.157 e. The molecule has 0 N–H and O–H groups in total. The van der Waals surface area contributed by atoms with Crippen molar-refractivity contribution in [3.63, 3.8) is 0 Å². The first-order valence-electron chi connectivity index (χ1n) is 21.1. The number of ether oxygens (including phenoxy) is 4. The summed E-state index contributed by atoms with van der Waals surface area (Å²) in [6.45, 7) is 7.62. The van der Waals surface area contributed by atoms with Crippen LogP contribution in [0.25, 0.3) is 0 Å². The average Bonchev–Trinajstić information content (AvgIpc) is 3.07. The molecule has 0 radical (unpaired) electrons. The molecule has 4 nitrogen and oxygen atoms in total. The Balaban J connectivity index is 3.62. The van der Waals surface area contributed by atoms with Gasteiger partial charge >= 0.3 is 0 Å². The normalized spacial score (nSPS) is 11.7.